The molecule has 1 aliphatic rings. The molecule has 0 aromatic carbocycles. The summed E-state index contributed by atoms with van der Waals surface area (Å²) in [6, 6.07) is 0. The van der Waals surface area contributed by atoms with Crippen molar-refractivity contribution in [2.75, 3.05) is 6.61 Å². The molecule has 76 valence electrons. The van der Waals surface area contributed by atoms with Crippen LogP contribution < -0.4 is 5.73 Å². The molecule has 0 aromatic heterocycles. The van der Waals surface area contributed by atoms with E-state index < -0.39 is 6.09 Å². The minimum absolute atomic E-state index is 0.0475. The number of primary amides is 1. The highest BCUT2D eigenvalue weighted by Crippen LogP contribution is 2.23. The van der Waals surface area contributed by atoms with E-state index in [4.69, 9.17) is 15.2 Å². The number of carbonyl (C=O) groups is 1. The first kappa shape index (κ1) is 10.3. The first-order chi connectivity index (χ1) is 6.24. The number of hydrogen-bond acceptors (Lipinski definition) is 3. The maximum atomic E-state index is 10.6. The van der Waals surface area contributed by atoms with Crippen molar-refractivity contribution in [3.8, 4) is 0 Å². The van der Waals surface area contributed by atoms with Crippen molar-refractivity contribution in [3.05, 3.63) is 0 Å². The van der Waals surface area contributed by atoms with Crippen LogP contribution in [0.3, 0.4) is 0 Å². The third kappa shape index (κ3) is 3.22. The van der Waals surface area contributed by atoms with Crippen LogP contribution >= 0.6 is 0 Å². The lowest BCUT2D eigenvalue weighted by Gasteiger charge is -2.30. The molecule has 0 saturated heterocycles. The summed E-state index contributed by atoms with van der Waals surface area (Å²) in [6.45, 7) is 2.60. The van der Waals surface area contributed by atoms with Gasteiger partial charge >= 0.3 is 6.09 Å². The molecule has 2 N–H and O–H groups in total. The van der Waals surface area contributed by atoms with E-state index in [1.165, 1.54) is 0 Å². The quantitative estimate of drug-likeness (QED) is 0.727. The Labute approximate surface area is 78.4 Å². The summed E-state index contributed by atoms with van der Waals surface area (Å²) < 4.78 is 10.4. The van der Waals surface area contributed by atoms with Gasteiger partial charge in [0, 0.05) is 6.61 Å². The number of carbonyl (C=O) groups excluding carboxylic acids is 1. The van der Waals surface area contributed by atoms with Gasteiger partial charge in [-0.3, -0.25) is 0 Å². The molecule has 4 nitrogen and oxygen atoms in total. The topological polar surface area (TPSA) is 61.6 Å². The average molecular weight is 187 g/mol. The molecule has 0 heterocycles. The molecule has 1 fully saturated rings. The van der Waals surface area contributed by atoms with Crippen LogP contribution in [0.25, 0.3) is 0 Å². The molecule has 0 aliphatic heterocycles. The molecule has 1 amide bonds. The predicted octanol–water partition coefficient (Wildman–Crippen LogP) is 1.43. The van der Waals surface area contributed by atoms with Gasteiger partial charge in [0.2, 0.25) is 0 Å². The normalized spacial score (nSPS) is 28.4. The fourth-order valence-corrected chi connectivity index (χ4v) is 1.75. The fourth-order valence-electron chi connectivity index (χ4n) is 1.75. The molecule has 13 heavy (non-hydrogen) atoms. The van der Waals surface area contributed by atoms with Crippen molar-refractivity contribution in [3.63, 3.8) is 0 Å². The van der Waals surface area contributed by atoms with Crippen molar-refractivity contribution in [2.24, 2.45) is 5.73 Å². The summed E-state index contributed by atoms with van der Waals surface area (Å²) in [6.07, 6.45) is 3.28. The highest BCUT2D eigenvalue weighted by molar-refractivity contribution is 5.64. The van der Waals surface area contributed by atoms with E-state index in [0.717, 1.165) is 25.7 Å². The van der Waals surface area contributed by atoms with Gasteiger partial charge in [0.1, 0.15) is 6.10 Å². The molecule has 1 aliphatic carbocycles. The van der Waals surface area contributed by atoms with E-state index in [0.29, 0.717) is 6.61 Å². The fraction of sp³-hybridized carbons (Fsp3) is 0.889. The molecule has 1 saturated carbocycles. The number of ether oxygens (including phenoxy) is 2. The molecule has 0 radical (unpaired) electrons. The molecule has 0 aromatic rings. The van der Waals surface area contributed by atoms with E-state index in [1.807, 2.05) is 6.92 Å². The molecule has 2 unspecified atom stereocenters. The number of hydrogen-bond donors (Lipinski definition) is 1. The van der Waals surface area contributed by atoms with Gasteiger partial charge in [0.25, 0.3) is 0 Å². The van der Waals surface area contributed by atoms with Gasteiger partial charge in [0.05, 0.1) is 6.10 Å². The first-order valence-corrected chi connectivity index (χ1v) is 4.81. The summed E-state index contributed by atoms with van der Waals surface area (Å²) in [5, 5.41) is 0. The monoisotopic (exact) mass is 187 g/mol. The molecular formula is C9H17NO3. The zero-order valence-corrected chi connectivity index (χ0v) is 7.99. The van der Waals surface area contributed by atoms with Crippen molar-refractivity contribution < 1.29 is 14.3 Å². The highest BCUT2D eigenvalue weighted by Gasteiger charge is 2.27. The Hall–Kier alpha value is -0.770. The smallest absolute Gasteiger partial charge is 0.404 e. The molecule has 4 heteroatoms. The van der Waals surface area contributed by atoms with E-state index in [-0.39, 0.29) is 12.2 Å². The van der Waals surface area contributed by atoms with E-state index in [9.17, 15) is 4.79 Å². The van der Waals surface area contributed by atoms with E-state index in [2.05, 4.69) is 0 Å². The van der Waals surface area contributed by atoms with Gasteiger partial charge in [-0.1, -0.05) is 6.42 Å². The Balaban J connectivity index is 2.41. The van der Waals surface area contributed by atoms with Crippen LogP contribution in [0.2, 0.25) is 0 Å². The van der Waals surface area contributed by atoms with Gasteiger partial charge in [-0.15, -0.1) is 0 Å². The minimum atomic E-state index is -0.698. The number of rotatable bonds is 3. The molecule has 0 bridgehead atoms. The zero-order valence-electron chi connectivity index (χ0n) is 7.99. The molecule has 0 spiro atoms. The number of amides is 1. The summed E-state index contributed by atoms with van der Waals surface area (Å²) in [5.41, 5.74) is 4.96. The molecular weight excluding hydrogens is 170 g/mol. The minimum Gasteiger partial charge on any atom is -0.444 e. The highest BCUT2D eigenvalue weighted by atomic mass is 16.6. The second-order valence-electron chi connectivity index (χ2n) is 3.25. The van der Waals surface area contributed by atoms with Gasteiger partial charge in [0.15, 0.2) is 0 Å². The van der Waals surface area contributed by atoms with E-state index in [1.54, 1.807) is 0 Å². The lowest BCUT2D eigenvalue weighted by atomic mass is 9.94. The zero-order chi connectivity index (χ0) is 9.68. The van der Waals surface area contributed by atoms with Crippen LogP contribution in [0.15, 0.2) is 0 Å². The second-order valence-corrected chi connectivity index (χ2v) is 3.25. The van der Waals surface area contributed by atoms with Gasteiger partial charge in [-0.05, 0) is 26.2 Å². The lowest BCUT2D eigenvalue weighted by molar-refractivity contribution is -0.0583. The Morgan fingerprint density at radius 3 is 2.54 bits per heavy atom. The van der Waals surface area contributed by atoms with Crippen molar-refractivity contribution >= 4 is 6.09 Å². The van der Waals surface area contributed by atoms with Crippen LogP contribution in [0, 0.1) is 0 Å². The van der Waals surface area contributed by atoms with Crippen LogP contribution in [0.4, 0.5) is 4.79 Å². The average Bonchev–Trinajstić information content (AvgIpc) is 2.08. The van der Waals surface area contributed by atoms with Crippen molar-refractivity contribution in [1.29, 1.82) is 0 Å². The van der Waals surface area contributed by atoms with Crippen LogP contribution in [0.5, 0.6) is 0 Å². The summed E-state index contributed by atoms with van der Waals surface area (Å²) in [4.78, 5) is 10.6. The summed E-state index contributed by atoms with van der Waals surface area (Å²) in [7, 11) is 0. The Bertz CT molecular complexity index is 170. The maximum absolute atomic E-state index is 10.6. The summed E-state index contributed by atoms with van der Waals surface area (Å²) >= 11 is 0. The SMILES string of the molecule is CCOC1CCCCC1OC(N)=O. The second kappa shape index (κ2) is 5.07. The van der Waals surface area contributed by atoms with Gasteiger partial charge in [-0.25, -0.2) is 4.79 Å². The van der Waals surface area contributed by atoms with Gasteiger partial charge in [-0.2, -0.15) is 0 Å². The molecule has 1 rings (SSSR count). The van der Waals surface area contributed by atoms with E-state index >= 15 is 0 Å². The standard InChI is InChI=1S/C9H17NO3/c1-2-12-7-5-3-4-6-8(7)13-9(10)11/h7-8H,2-6H2,1H3,(H2,10,11). The van der Waals surface area contributed by atoms with Crippen molar-refractivity contribution in [2.45, 2.75) is 44.8 Å². The number of nitrogens with two attached hydrogens (primary N) is 1. The summed E-state index contributed by atoms with van der Waals surface area (Å²) in [5.74, 6) is 0. The van der Waals surface area contributed by atoms with Crippen LogP contribution in [-0.4, -0.2) is 24.9 Å². The largest absolute Gasteiger partial charge is 0.444 e. The predicted molar refractivity (Wildman–Crippen MR) is 48.3 cm³/mol. The van der Waals surface area contributed by atoms with Gasteiger partial charge < -0.3 is 15.2 Å². The maximum Gasteiger partial charge on any atom is 0.404 e. The lowest BCUT2D eigenvalue weighted by Crippen LogP contribution is -2.37. The van der Waals surface area contributed by atoms with Crippen LogP contribution in [-0.2, 0) is 9.47 Å². The van der Waals surface area contributed by atoms with Crippen molar-refractivity contribution in [1.82, 2.24) is 0 Å². The molecule has 2 atom stereocenters. The Morgan fingerprint density at radius 2 is 2.00 bits per heavy atom. The third-order valence-electron chi connectivity index (χ3n) is 2.29. The third-order valence-corrected chi connectivity index (χ3v) is 2.29. The first-order valence-electron chi connectivity index (χ1n) is 4.81. The Morgan fingerprint density at radius 1 is 1.38 bits per heavy atom. The van der Waals surface area contributed by atoms with Crippen LogP contribution in [0.1, 0.15) is 32.6 Å². The Kier molecular flexibility index (Phi) is 4.02.